The summed E-state index contributed by atoms with van der Waals surface area (Å²) in [5.41, 5.74) is 2.22. The Bertz CT molecular complexity index is 845. The average molecular weight is 365 g/mol. The normalized spacial score (nSPS) is 10.4. The van der Waals surface area contributed by atoms with E-state index in [0.717, 1.165) is 16.9 Å². The van der Waals surface area contributed by atoms with Gasteiger partial charge in [0, 0.05) is 18.9 Å². The van der Waals surface area contributed by atoms with Crippen molar-refractivity contribution in [3.63, 3.8) is 0 Å². The third-order valence-electron chi connectivity index (χ3n) is 4.14. The fourth-order valence-electron chi connectivity index (χ4n) is 2.67. The highest BCUT2D eigenvalue weighted by molar-refractivity contribution is 5.76. The van der Waals surface area contributed by atoms with Gasteiger partial charge in [0.15, 0.2) is 0 Å². The van der Waals surface area contributed by atoms with Gasteiger partial charge in [-0.15, -0.1) is 0 Å². The molecule has 3 aromatic rings. The van der Waals surface area contributed by atoms with Crippen molar-refractivity contribution in [2.45, 2.75) is 19.5 Å². The van der Waals surface area contributed by atoms with Gasteiger partial charge in [-0.05, 0) is 41.5 Å². The van der Waals surface area contributed by atoms with Gasteiger partial charge >= 0.3 is 0 Å². The fourth-order valence-corrected chi connectivity index (χ4v) is 2.67. The van der Waals surface area contributed by atoms with Gasteiger partial charge in [-0.3, -0.25) is 9.48 Å². The number of nitrogens with one attached hydrogen (secondary N) is 1. The molecule has 0 aliphatic heterocycles. The van der Waals surface area contributed by atoms with Crippen molar-refractivity contribution in [2.75, 3.05) is 13.7 Å². The number of benzene rings is 2. The van der Waals surface area contributed by atoms with Crippen LogP contribution < -0.4 is 14.8 Å². The van der Waals surface area contributed by atoms with Crippen LogP contribution in [-0.4, -0.2) is 29.4 Å². The molecule has 140 valence electrons. The Morgan fingerprint density at radius 2 is 1.78 bits per heavy atom. The van der Waals surface area contributed by atoms with E-state index in [-0.39, 0.29) is 5.91 Å². The lowest BCUT2D eigenvalue weighted by atomic mass is 10.1. The van der Waals surface area contributed by atoms with Crippen LogP contribution in [0.5, 0.6) is 11.5 Å². The van der Waals surface area contributed by atoms with Crippen LogP contribution in [0, 0.1) is 0 Å². The molecular weight excluding hydrogens is 342 g/mol. The molecular formula is C21H23N3O3. The van der Waals surface area contributed by atoms with E-state index in [1.807, 2.05) is 59.4 Å². The number of nitrogens with zero attached hydrogens (tertiary/aromatic N) is 2. The van der Waals surface area contributed by atoms with Crippen LogP contribution in [0.3, 0.4) is 0 Å². The van der Waals surface area contributed by atoms with Gasteiger partial charge in [-0.1, -0.05) is 24.3 Å². The Morgan fingerprint density at radius 3 is 2.48 bits per heavy atom. The molecule has 0 atom stereocenters. The van der Waals surface area contributed by atoms with E-state index in [1.54, 1.807) is 13.3 Å². The number of rotatable bonds is 9. The molecule has 3 rings (SSSR count). The number of hydrogen-bond donors (Lipinski definition) is 1. The highest BCUT2D eigenvalue weighted by Crippen LogP contribution is 2.17. The lowest BCUT2D eigenvalue weighted by Gasteiger charge is -2.11. The van der Waals surface area contributed by atoms with Gasteiger partial charge < -0.3 is 14.8 Å². The molecule has 6 heteroatoms. The first-order valence-corrected chi connectivity index (χ1v) is 8.82. The van der Waals surface area contributed by atoms with Crippen LogP contribution in [0.15, 0.2) is 67.0 Å². The quantitative estimate of drug-likeness (QED) is 0.633. The van der Waals surface area contributed by atoms with Crippen molar-refractivity contribution in [3.8, 4) is 11.5 Å². The van der Waals surface area contributed by atoms with Crippen molar-refractivity contribution in [1.82, 2.24) is 15.1 Å². The minimum absolute atomic E-state index is 0.0441. The summed E-state index contributed by atoms with van der Waals surface area (Å²) in [4.78, 5) is 12.1. The highest BCUT2D eigenvalue weighted by atomic mass is 16.5. The van der Waals surface area contributed by atoms with Gasteiger partial charge in [0.05, 0.1) is 26.7 Å². The molecule has 2 aromatic carbocycles. The van der Waals surface area contributed by atoms with Crippen molar-refractivity contribution in [2.24, 2.45) is 0 Å². The summed E-state index contributed by atoms with van der Waals surface area (Å²) in [6.45, 7) is 1.49. The molecule has 27 heavy (non-hydrogen) atoms. The van der Waals surface area contributed by atoms with Crippen LogP contribution in [0.2, 0.25) is 0 Å². The summed E-state index contributed by atoms with van der Waals surface area (Å²) in [6, 6.07) is 17.2. The zero-order chi connectivity index (χ0) is 18.9. The lowest BCUT2D eigenvalue weighted by molar-refractivity contribution is -0.121. The fraction of sp³-hybridized carbons (Fsp3) is 0.238. The van der Waals surface area contributed by atoms with E-state index >= 15 is 0 Å². The Kier molecular flexibility index (Phi) is 6.46. The maximum absolute atomic E-state index is 12.1. The summed E-state index contributed by atoms with van der Waals surface area (Å²) in [6.07, 6.45) is 3.98. The van der Waals surface area contributed by atoms with Crippen molar-refractivity contribution >= 4 is 5.91 Å². The molecule has 0 unspecified atom stereocenters. The van der Waals surface area contributed by atoms with Crippen LogP contribution in [0.1, 0.15) is 17.5 Å². The Hall–Kier alpha value is -3.28. The number of carbonyl (C=O) groups excluding carboxylic acids is 1. The van der Waals surface area contributed by atoms with Crippen molar-refractivity contribution < 1.29 is 14.3 Å². The third-order valence-corrected chi connectivity index (χ3v) is 4.14. The number of ether oxygens (including phenoxy) is 2. The monoisotopic (exact) mass is 365 g/mol. The smallest absolute Gasteiger partial charge is 0.223 e. The highest BCUT2D eigenvalue weighted by Gasteiger charge is 2.06. The van der Waals surface area contributed by atoms with E-state index in [1.165, 1.54) is 0 Å². The second-order valence-electron chi connectivity index (χ2n) is 6.02. The molecule has 0 aliphatic carbocycles. The van der Waals surface area contributed by atoms with Crippen LogP contribution >= 0.6 is 0 Å². The number of hydrogen-bond acceptors (Lipinski definition) is 4. The molecule has 1 amide bonds. The molecule has 1 aromatic heterocycles. The average Bonchev–Trinajstić information content (AvgIpc) is 3.21. The zero-order valence-corrected chi connectivity index (χ0v) is 15.3. The van der Waals surface area contributed by atoms with Gasteiger partial charge in [0.25, 0.3) is 0 Å². The first-order chi connectivity index (χ1) is 13.2. The van der Waals surface area contributed by atoms with E-state index in [2.05, 4.69) is 16.5 Å². The van der Waals surface area contributed by atoms with E-state index in [4.69, 9.17) is 9.47 Å². The summed E-state index contributed by atoms with van der Waals surface area (Å²) in [5.74, 6) is 1.44. The van der Waals surface area contributed by atoms with Crippen molar-refractivity contribution in [3.05, 3.63) is 78.1 Å². The second-order valence-corrected chi connectivity index (χ2v) is 6.02. The maximum Gasteiger partial charge on any atom is 0.223 e. The molecule has 1 heterocycles. The Labute approximate surface area is 158 Å². The predicted molar refractivity (Wildman–Crippen MR) is 103 cm³/mol. The maximum atomic E-state index is 12.1. The molecule has 0 bridgehead atoms. The number of methoxy groups -OCH3 is 1. The topological polar surface area (TPSA) is 65.4 Å². The second kappa shape index (κ2) is 9.43. The van der Waals surface area contributed by atoms with E-state index < -0.39 is 0 Å². The molecule has 0 spiro atoms. The van der Waals surface area contributed by atoms with Crippen LogP contribution in [-0.2, 0) is 17.9 Å². The molecule has 6 nitrogen and oxygen atoms in total. The third kappa shape index (κ3) is 5.60. The first-order valence-electron chi connectivity index (χ1n) is 8.82. The predicted octanol–water partition coefficient (Wildman–Crippen LogP) is 3.03. The molecule has 0 saturated heterocycles. The number of carbonyl (C=O) groups is 1. The number of amides is 1. The Balaban J connectivity index is 1.45. The van der Waals surface area contributed by atoms with Crippen LogP contribution in [0.25, 0.3) is 0 Å². The van der Waals surface area contributed by atoms with E-state index in [0.29, 0.717) is 31.9 Å². The minimum Gasteiger partial charge on any atom is -0.497 e. The molecule has 1 N–H and O–H groups in total. The van der Waals surface area contributed by atoms with Gasteiger partial charge in [-0.2, -0.15) is 5.10 Å². The number of aromatic nitrogens is 2. The molecule has 0 radical (unpaired) electrons. The summed E-state index contributed by atoms with van der Waals surface area (Å²) < 4.78 is 12.6. The van der Waals surface area contributed by atoms with Crippen molar-refractivity contribution in [1.29, 1.82) is 0 Å². The first kappa shape index (κ1) is 18.5. The Morgan fingerprint density at radius 1 is 1.04 bits per heavy atom. The molecule has 0 fully saturated rings. The molecule has 0 aliphatic rings. The summed E-state index contributed by atoms with van der Waals surface area (Å²) >= 11 is 0. The summed E-state index contributed by atoms with van der Waals surface area (Å²) in [5, 5.41) is 7.19. The molecule has 0 saturated carbocycles. The van der Waals surface area contributed by atoms with Gasteiger partial charge in [0.1, 0.15) is 11.5 Å². The minimum atomic E-state index is -0.0441. The SMILES string of the molecule is COc1ccc(OCCC(=O)NCc2ccccc2Cn2cccn2)cc1. The van der Waals surface area contributed by atoms with Gasteiger partial charge in [-0.25, -0.2) is 0 Å². The zero-order valence-electron chi connectivity index (χ0n) is 15.3. The standard InChI is InChI=1S/C21H23N3O3/c1-26-19-7-9-20(10-8-19)27-14-11-21(25)22-15-17-5-2-3-6-18(17)16-24-13-4-12-23-24/h2-10,12-13H,11,14-16H2,1H3,(H,22,25). The summed E-state index contributed by atoms with van der Waals surface area (Å²) in [7, 11) is 1.62. The lowest BCUT2D eigenvalue weighted by Crippen LogP contribution is -2.25. The largest absolute Gasteiger partial charge is 0.497 e. The van der Waals surface area contributed by atoms with E-state index in [9.17, 15) is 4.79 Å². The van der Waals surface area contributed by atoms with Crippen LogP contribution in [0.4, 0.5) is 0 Å². The van der Waals surface area contributed by atoms with Gasteiger partial charge in [0.2, 0.25) is 5.91 Å².